The molecule has 132 valence electrons. The molecule has 3 rings (SSSR count). The van der Waals surface area contributed by atoms with Gasteiger partial charge in [-0.05, 0) is 50.2 Å². The Labute approximate surface area is 151 Å². The van der Waals surface area contributed by atoms with Crippen molar-refractivity contribution in [2.75, 3.05) is 25.0 Å². The first kappa shape index (κ1) is 17.7. The van der Waals surface area contributed by atoms with Gasteiger partial charge in [0.2, 0.25) is 0 Å². The Morgan fingerprint density at radius 3 is 2.76 bits per heavy atom. The van der Waals surface area contributed by atoms with E-state index in [-0.39, 0.29) is 11.1 Å². The summed E-state index contributed by atoms with van der Waals surface area (Å²) in [7, 11) is 2.02. The van der Waals surface area contributed by atoms with E-state index in [0.717, 1.165) is 19.4 Å². The highest BCUT2D eigenvalue weighted by Crippen LogP contribution is 2.34. The third kappa shape index (κ3) is 3.78. The summed E-state index contributed by atoms with van der Waals surface area (Å²) in [5, 5.41) is 9.78. The molecule has 0 unspecified atom stereocenters. The van der Waals surface area contributed by atoms with Crippen LogP contribution in [0.3, 0.4) is 0 Å². The predicted molar refractivity (Wildman–Crippen MR) is 97.9 cm³/mol. The summed E-state index contributed by atoms with van der Waals surface area (Å²) in [6, 6.07) is 11.9. The minimum absolute atomic E-state index is 0.0182. The first-order chi connectivity index (χ1) is 12.0. The molecule has 1 saturated heterocycles. The van der Waals surface area contributed by atoms with Crippen LogP contribution in [-0.2, 0) is 0 Å². The Morgan fingerprint density at radius 1 is 1.36 bits per heavy atom. The van der Waals surface area contributed by atoms with Gasteiger partial charge in [0.25, 0.3) is 0 Å². The second kappa shape index (κ2) is 7.42. The maximum Gasteiger partial charge on any atom is 0.411 e. The number of nitrogens with zero attached hydrogens (tertiary/aromatic N) is 2. The summed E-state index contributed by atoms with van der Waals surface area (Å²) in [5.74, 6) is -0.495. The van der Waals surface area contributed by atoms with Crippen molar-refractivity contribution >= 4 is 23.4 Å². The summed E-state index contributed by atoms with van der Waals surface area (Å²) < 4.78 is 13.5. The fourth-order valence-electron chi connectivity index (χ4n) is 3.32. The minimum atomic E-state index is -0.999. The highest BCUT2D eigenvalue weighted by molar-refractivity contribution is 6.31. The molecule has 1 N–H and O–H groups in total. The number of rotatable bonds is 4. The number of halogens is 2. The molecule has 0 aliphatic carbocycles. The fourth-order valence-corrected chi connectivity index (χ4v) is 3.50. The van der Waals surface area contributed by atoms with Gasteiger partial charge >= 0.3 is 6.09 Å². The van der Waals surface area contributed by atoms with Gasteiger partial charge in [-0.3, -0.25) is 4.90 Å². The molecule has 2 aromatic carbocycles. The van der Waals surface area contributed by atoms with Crippen molar-refractivity contribution in [2.45, 2.75) is 18.9 Å². The maximum atomic E-state index is 13.5. The molecular weight excluding hydrogens is 343 g/mol. The number of anilines is 1. The minimum Gasteiger partial charge on any atom is -0.465 e. The van der Waals surface area contributed by atoms with Crippen LogP contribution in [0.4, 0.5) is 14.9 Å². The molecule has 2 aromatic rings. The van der Waals surface area contributed by atoms with Gasteiger partial charge in [-0.25, -0.2) is 9.18 Å². The van der Waals surface area contributed by atoms with E-state index in [2.05, 4.69) is 4.90 Å². The van der Waals surface area contributed by atoms with Crippen molar-refractivity contribution in [3.63, 3.8) is 0 Å². The van der Waals surface area contributed by atoms with Crippen LogP contribution in [0, 0.1) is 5.82 Å². The molecule has 0 spiro atoms. The van der Waals surface area contributed by atoms with Crippen molar-refractivity contribution in [1.29, 1.82) is 0 Å². The van der Waals surface area contributed by atoms with Gasteiger partial charge in [-0.2, -0.15) is 0 Å². The average molecular weight is 363 g/mol. The lowest BCUT2D eigenvalue weighted by atomic mass is 10.0. The fraction of sp³-hybridized carbons (Fsp3) is 0.316. The van der Waals surface area contributed by atoms with E-state index in [4.69, 9.17) is 11.6 Å². The van der Waals surface area contributed by atoms with E-state index in [0.29, 0.717) is 23.4 Å². The molecule has 0 radical (unpaired) electrons. The lowest BCUT2D eigenvalue weighted by Gasteiger charge is -2.28. The van der Waals surface area contributed by atoms with Gasteiger partial charge in [-0.15, -0.1) is 0 Å². The third-order valence-corrected chi connectivity index (χ3v) is 5.01. The highest BCUT2D eigenvalue weighted by Gasteiger charge is 2.27. The van der Waals surface area contributed by atoms with Crippen molar-refractivity contribution < 1.29 is 14.3 Å². The monoisotopic (exact) mass is 362 g/mol. The number of benzene rings is 2. The first-order valence-electron chi connectivity index (χ1n) is 8.22. The Hall–Kier alpha value is -2.11. The Morgan fingerprint density at radius 2 is 2.12 bits per heavy atom. The number of hydrogen-bond acceptors (Lipinski definition) is 2. The van der Waals surface area contributed by atoms with Crippen LogP contribution >= 0.6 is 11.6 Å². The van der Waals surface area contributed by atoms with Gasteiger partial charge in [-0.1, -0.05) is 35.9 Å². The molecule has 4 nitrogen and oxygen atoms in total. The van der Waals surface area contributed by atoms with Gasteiger partial charge in [0.1, 0.15) is 5.82 Å². The number of carboxylic acid groups (broad SMARTS) is 1. The summed E-state index contributed by atoms with van der Waals surface area (Å²) in [6.45, 7) is 1.38. The number of para-hydroxylation sites is 1. The zero-order valence-electron chi connectivity index (χ0n) is 14.0. The zero-order chi connectivity index (χ0) is 18.0. The van der Waals surface area contributed by atoms with Crippen LogP contribution in [0.1, 0.15) is 12.8 Å². The smallest absolute Gasteiger partial charge is 0.411 e. The van der Waals surface area contributed by atoms with Crippen molar-refractivity contribution in [1.82, 2.24) is 4.90 Å². The predicted octanol–water partition coefficient (Wildman–Crippen LogP) is 4.72. The van der Waals surface area contributed by atoms with Crippen LogP contribution in [0.2, 0.25) is 5.02 Å². The summed E-state index contributed by atoms with van der Waals surface area (Å²) in [6.07, 6.45) is 1.05. The molecule has 1 heterocycles. The first-order valence-corrected chi connectivity index (χ1v) is 8.60. The van der Waals surface area contributed by atoms with E-state index in [1.807, 2.05) is 19.2 Å². The lowest BCUT2D eigenvalue weighted by molar-refractivity contribution is 0.198. The molecule has 1 fully saturated rings. The van der Waals surface area contributed by atoms with Crippen LogP contribution < -0.4 is 4.90 Å². The van der Waals surface area contributed by atoms with Crippen molar-refractivity contribution in [3.05, 3.63) is 53.3 Å². The number of hydrogen-bond donors (Lipinski definition) is 1. The molecule has 0 bridgehead atoms. The summed E-state index contributed by atoms with van der Waals surface area (Å²) in [4.78, 5) is 15.5. The molecule has 25 heavy (non-hydrogen) atoms. The highest BCUT2D eigenvalue weighted by atomic mass is 35.5. The SMILES string of the molecule is CN1CCC[C@H]1CN(C(=O)O)c1ccccc1-c1ccc(F)c(Cl)c1. The quantitative estimate of drug-likeness (QED) is 0.855. The Bertz CT molecular complexity index is 784. The van der Waals surface area contributed by atoms with Gasteiger partial charge < -0.3 is 10.0 Å². The van der Waals surface area contributed by atoms with E-state index in [1.54, 1.807) is 18.2 Å². The molecule has 6 heteroatoms. The average Bonchev–Trinajstić information content (AvgIpc) is 3.00. The molecule has 1 atom stereocenters. The van der Waals surface area contributed by atoms with E-state index < -0.39 is 11.9 Å². The second-order valence-electron chi connectivity index (χ2n) is 6.32. The third-order valence-electron chi connectivity index (χ3n) is 4.72. The second-order valence-corrected chi connectivity index (χ2v) is 6.72. The summed E-state index contributed by atoms with van der Waals surface area (Å²) >= 11 is 5.90. The Kier molecular flexibility index (Phi) is 5.25. The summed E-state index contributed by atoms with van der Waals surface area (Å²) in [5.41, 5.74) is 1.98. The standard InChI is InChI=1S/C19H20ClFN2O2/c1-22-10-4-5-14(22)12-23(19(24)25)18-7-3-2-6-15(18)13-8-9-17(21)16(20)11-13/h2-3,6-9,11,14H,4-5,10,12H2,1H3,(H,24,25)/t14-/m0/s1. The molecule has 1 aliphatic rings. The van der Waals surface area contributed by atoms with Gasteiger partial charge in [0, 0.05) is 18.2 Å². The normalized spacial score (nSPS) is 17.6. The molecule has 1 aliphatic heterocycles. The van der Waals surface area contributed by atoms with Gasteiger partial charge in [0.15, 0.2) is 0 Å². The zero-order valence-corrected chi connectivity index (χ0v) is 14.7. The van der Waals surface area contributed by atoms with E-state index in [1.165, 1.54) is 17.0 Å². The number of likely N-dealkylation sites (tertiary alicyclic amines) is 1. The lowest BCUT2D eigenvalue weighted by Crippen LogP contribution is -2.41. The van der Waals surface area contributed by atoms with Crippen LogP contribution in [0.15, 0.2) is 42.5 Å². The molecule has 1 amide bonds. The van der Waals surface area contributed by atoms with Crippen molar-refractivity contribution in [3.8, 4) is 11.1 Å². The molecular formula is C19H20ClFN2O2. The number of amides is 1. The van der Waals surface area contributed by atoms with E-state index in [9.17, 15) is 14.3 Å². The van der Waals surface area contributed by atoms with E-state index >= 15 is 0 Å². The molecule has 0 saturated carbocycles. The maximum absolute atomic E-state index is 13.5. The molecule has 0 aromatic heterocycles. The van der Waals surface area contributed by atoms with Crippen LogP contribution in [0.25, 0.3) is 11.1 Å². The number of carbonyl (C=O) groups is 1. The number of likely N-dealkylation sites (N-methyl/N-ethyl adjacent to an activating group) is 1. The van der Waals surface area contributed by atoms with Crippen molar-refractivity contribution in [2.24, 2.45) is 0 Å². The van der Waals surface area contributed by atoms with Crippen LogP contribution in [-0.4, -0.2) is 42.3 Å². The van der Waals surface area contributed by atoms with Crippen LogP contribution in [0.5, 0.6) is 0 Å². The Balaban J connectivity index is 1.99. The van der Waals surface area contributed by atoms with Gasteiger partial charge in [0.05, 0.1) is 10.7 Å². The largest absolute Gasteiger partial charge is 0.465 e. The topological polar surface area (TPSA) is 43.8 Å².